The first-order valence-electron chi connectivity index (χ1n) is 46.0. The van der Waals surface area contributed by atoms with E-state index in [9.17, 15) is 39.0 Å². The van der Waals surface area contributed by atoms with Crippen molar-refractivity contribution in [3.05, 3.63) is 125 Å². The minimum absolute atomic E-state index is 0.00985. The highest BCUT2D eigenvalue weighted by atomic mass is 16.6. The van der Waals surface area contributed by atoms with Crippen molar-refractivity contribution in [2.24, 2.45) is 35.5 Å². The number of ketones is 2. The van der Waals surface area contributed by atoms with Crippen LogP contribution in [0.25, 0.3) is 33.4 Å². The van der Waals surface area contributed by atoms with Crippen molar-refractivity contribution in [3.63, 3.8) is 0 Å². The molecule has 0 unspecified atom stereocenters. The molecule has 33 heteroatoms. The van der Waals surface area contributed by atoms with Gasteiger partial charge in [-0.25, -0.2) is 29.4 Å². The van der Waals surface area contributed by atoms with Crippen LogP contribution in [0.2, 0.25) is 0 Å². The van der Waals surface area contributed by atoms with Gasteiger partial charge < -0.3 is 92.9 Å². The summed E-state index contributed by atoms with van der Waals surface area (Å²) in [6, 6.07) is 10.8. The maximum Gasteiger partial charge on any atom is 0.329 e. The largest absolute Gasteiger partial charge is 0.460 e. The Labute approximate surface area is 756 Å². The number of Topliss-reactive ketones (excluding diaryl/α,β-unsaturated/α-hetero) is 2. The number of aliphatic hydroxyl groups excluding tert-OH is 1. The predicted molar refractivity (Wildman–Crippen MR) is 484 cm³/mol. The summed E-state index contributed by atoms with van der Waals surface area (Å²) in [6.45, 7) is 22.2. The average molecular weight is 1790 g/mol. The van der Waals surface area contributed by atoms with E-state index in [2.05, 4.69) is 43.0 Å². The van der Waals surface area contributed by atoms with Crippen LogP contribution in [0, 0.1) is 35.5 Å². The maximum absolute atomic E-state index is 15.0. The zero-order chi connectivity index (χ0) is 91.8. The standard InChI is InChI=1S/C96H135N13O20/c1-60-17-13-12-14-18-61(2)78(118-8)53-73-26-20-66(7)96(117,129-73)89(114)92(115)108-32-16-15-19-75(108)93(116)127-80(54-79(119-9)62(3)48-65(6)87(113)88(121-11)86(112)64(5)47-60)63(4)49-67-22-27-77(81(51-67)120-10)126-83(111)29-23-69-55-99-95(100-56-69)106-36-34-105(35-37-106)38-40-123-42-44-125-46-45-124-43-41-122-39-31-82(110)107-33-30-70-50-68(21-24-72(70)58-107)57-109-91-84(90(97)101-59-102-91)85(104-109)71-25-28-76-74(52-71)103-94(98)128-76/h12-14,17-18,21,24-25,28,48,50,52,55-56,59-60,62-64,66-67,73,75,77-81,87-88,113,117H,15-16,19-20,22-23,26-27,29-47,49,51,53-54,57-58H2,1-11H3,(H2,98,103)(H2,97,101,102)/b14-12+,17-13+,61-18+,65-48+/t60-,62-,63-,64-,66-,67+,73+,75+,77-,78+,79-,80+,81-,87-,88+,96-/m1/s1. The number of methoxy groups -OCH3 is 4. The van der Waals surface area contributed by atoms with Crippen molar-refractivity contribution in [2.75, 3.05) is 143 Å². The molecule has 6 N–H and O–H groups in total. The number of carbonyl (C=O) groups is 6. The van der Waals surface area contributed by atoms with Crippen molar-refractivity contribution in [1.82, 2.24) is 49.4 Å². The van der Waals surface area contributed by atoms with Crippen LogP contribution in [0.1, 0.15) is 161 Å². The Balaban J connectivity index is 0.535. The van der Waals surface area contributed by atoms with Crippen LogP contribution < -0.4 is 16.4 Å². The van der Waals surface area contributed by atoms with Gasteiger partial charge in [0, 0.05) is 136 Å². The molecule has 5 aliphatic heterocycles. The Hall–Kier alpha value is -9.36. The summed E-state index contributed by atoms with van der Waals surface area (Å²) in [5.41, 5.74) is 20.9. The lowest BCUT2D eigenvalue weighted by Crippen LogP contribution is -2.61. The van der Waals surface area contributed by atoms with Crippen molar-refractivity contribution in [1.29, 1.82) is 0 Å². The first kappa shape index (κ1) is 98.7. The van der Waals surface area contributed by atoms with Gasteiger partial charge in [0.15, 0.2) is 17.0 Å². The number of cyclic esters (lactones) is 1. The lowest BCUT2D eigenvalue weighted by molar-refractivity contribution is -0.265. The molecule has 16 atom stereocenters. The second-order valence-electron chi connectivity index (χ2n) is 35.7. The van der Waals surface area contributed by atoms with Gasteiger partial charge in [-0.3, -0.25) is 28.9 Å². The number of esters is 2. The number of rotatable bonds is 30. The number of piperidine rings is 1. The number of aryl methyl sites for hydroxylation is 1. The minimum Gasteiger partial charge on any atom is -0.460 e. The van der Waals surface area contributed by atoms with Gasteiger partial charge in [-0.1, -0.05) is 89.3 Å². The van der Waals surface area contributed by atoms with Crippen LogP contribution in [0.15, 0.2) is 107 Å². The highest BCUT2D eigenvalue weighted by molar-refractivity contribution is 6.39. The number of aliphatic hydroxyl groups is 2. The Bertz CT molecular complexity index is 4840. The van der Waals surface area contributed by atoms with Crippen LogP contribution in [-0.4, -0.2) is 283 Å². The highest BCUT2D eigenvalue weighted by Gasteiger charge is 2.53. The molecule has 704 valence electrons. The summed E-state index contributed by atoms with van der Waals surface area (Å²) in [7, 11) is 6.20. The van der Waals surface area contributed by atoms with E-state index in [1.54, 1.807) is 53.6 Å². The third kappa shape index (κ3) is 26.3. The molecule has 1 aliphatic carbocycles. The number of fused-ring (bicyclic) bond motifs is 6. The molecular weight excluding hydrogens is 1660 g/mol. The number of hydrogen-bond donors (Lipinski definition) is 4. The Morgan fingerprint density at radius 2 is 1.44 bits per heavy atom. The third-order valence-electron chi connectivity index (χ3n) is 26.5. The summed E-state index contributed by atoms with van der Waals surface area (Å²) in [4.78, 5) is 115. The number of hydrogen-bond acceptors (Lipinski definition) is 30. The van der Waals surface area contributed by atoms with Gasteiger partial charge in [0.25, 0.3) is 17.7 Å². The highest BCUT2D eigenvalue weighted by Crippen LogP contribution is 2.41. The van der Waals surface area contributed by atoms with Crippen molar-refractivity contribution in [3.8, 4) is 11.3 Å². The molecule has 33 nitrogen and oxygen atoms in total. The van der Waals surface area contributed by atoms with Gasteiger partial charge in [-0.2, -0.15) is 10.1 Å². The zero-order valence-electron chi connectivity index (χ0n) is 77.0. The molecule has 4 aromatic heterocycles. The van der Waals surface area contributed by atoms with Crippen LogP contribution >= 0.6 is 0 Å². The second-order valence-corrected chi connectivity index (χ2v) is 35.7. The number of oxazole rings is 1. The first-order chi connectivity index (χ1) is 62.2. The Kier molecular flexibility index (Phi) is 36.4. The van der Waals surface area contributed by atoms with E-state index in [1.807, 2.05) is 92.8 Å². The Morgan fingerprint density at radius 3 is 2.17 bits per heavy atom. The summed E-state index contributed by atoms with van der Waals surface area (Å²) < 4.78 is 73.4. The quantitative estimate of drug-likeness (QED) is 0.0141. The molecule has 6 aromatic rings. The van der Waals surface area contributed by atoms with E-state index in [4.69, 9.17) is 83.1 Å². The van der Waals surface area contributed by atoms with Crippen LogP contribution in [0.5, 0.6) is 0 Å². The number of anilines is 3. The number of nitrogens with two attached hydrogens (primary N) is 2. The third-order valence-corrected chi connectivity index (χ3v) is 26.5. The monoisotopic (exact) mass is 1790 g/mol. The maximum atomic E-state index is 15.0. The van der Waals surface area contributed by atoms with Gasteiger partial charge in [0.2, 0.25) is 17.6 Å². The summed E-state index contributed by atoms with van der Waals surface area (Å²) in [6.07, 6.45) is 17.9. The minimum atomic E-state index is -2.46. The van der Waals surface area contributed by atoms with Gasteiger partial charge in [-0.15, -0.1) is 0 Å². The predicted octanol–water partition coefficient (Wildman–Crippen LogP) is 9.92. The lowest BCUT2D eigenvalue weighted by Gasteiger charge is -2.43. The number of amides is 2. The molecule has 6 aliphatic rings. The molecule has 0 radical (unpaired) electrons. The molecule has 9 heterocycles. The number of carbonyl (C=O) groups excluding carboxylic acids is 6. The number of ether oxygens (including phenoxy) is 11. The van der Waals surface area contributed by atoms with Gasteiger partial charge in [0.05, 0.1) is 95.6 Å². The molecular formula is C96H135N13O20. The number of nitrogens with zero attached hydrogens (tertiary/aromatic N) is 11. The van der Waals surface area contributed by atoms with Crippen molar-refractivity contribution < 1.29 is 95.5 Å². The van der Waals surface area contributed by atoms with E-state index >= 15 is 0 Å². The topological polar surface area (TPSA) is 405 Å². The van der Waals surface area contributed by atoms with E-state index in [0.29, 0.717) is 188 Å². The Morgan fingerprint density at radius 1 is 0.705 bits per heavy atom. The van der Waals surface area contributed by atoms with E-state index in [-0.39, 0.29) is 79.6 Å². The molecule has 12 rings (SSSR count). The molecule has 2 amide bonds. The number of benzene rings is 2. The first-order valence-corrected chi connectivity index (χ1v) is 46.0. The second kappa shape index (κ2) is 47.6. The molecule has 3 saturated heterocycles. The number of piperazine rings is 1. The van der Waals surface area contributed by atoms with Crippen LogP contribution in [-0.2, 0) is 107 Å². The summed E-state index contributed by atoms with van der Waals surface area (Å²) in [5.74, 6) is -6.65. The molecule has 2 bridgehead atoms. The van der Waals surface area contributed by atoms with Crippen LogP contribution in [0.3, 0.4) is 0 Å². The number of nitrogen functional groups attached to an aromatic ring is 2. The molecule has 4 fully saturated rings. The lowest BCUT2D eigenvalue weighted by atomic mass is 9.78. The van der Waals surface area contributed by atoms with Gasteiger partial charge >= 0.3 is 11.9 Å². The van der Waals surface area contributed by atoms with Gasteiger partial charge in [0.1, 0.15) is 53.8 Å². The zero-order valence-corrected chi connectivity index (χ0v) is 77.0. The molecule has 0 spiro atoms. The molecule has 2 aromatic carbocycles. The summed E-state index contributed by atoms with van der Waals surface area (Å²) in [5, 5.41) is 29.6. The van der Waals surface area contributed by atoms with E-state index in [1.165, 1.54) is 23.9 Å². The van der Waals surface area contributed by atoms with Gasteiger partial charge in [-0.05, 0) is 160 Å². The molecule has 1 saturated carbocycles. The average Bonchev–Trinajstić information content (AvgIpc) is 1.64. The van der Waals surface area contributed by atoms with E-state index in [0.717, 1.165) is 67.0 Å². The normalized spacial score (nSPS) is 28.2. The van der Waals surface area contributed by atoms with Crippen LogP contribution in [0.4, 0.5) is 17.8 Å². The number of allylic oxidation sites excluding steroid dienone is 5. The smallest absolute Gasteiger partial charge is 0.329 e. The fourth-order valence-corrected chi connectivity index (χ4v) is 18.8. The van der Waals surface area contributed by atoms with Crippen molar-refractivity contribution in [2.45, 2.75) is 225 Å². The van der Waals surface area contributed by atoms with E-state index < -0.39 is 90.2 Å². The van der Waals surface area contributed by atoms with Crippen molar-refractivity contribution >= 4 is 75.2 Å². The fraction of sp³-hybridized carbons (Fsp3) is 0.625. The fourth-order valence-electron chi connectivity index (χ4n) is 18.8. The number of aromatic nitrogens is 7. The molecule has 129 heavy (non-hydrogen) atoms. The summed E-state index contributed by atoms with van der Waals surface area (Å²) >= 11 is 0. The SMILES string of the molecule is CO[C@H]1C[C@@H]2CC[C@@H](C)[C@@](O)(O2)C(=O)C(=O)N2CCCC[C@H]2C(=O)O[C@H]([C@H](C)C[C@@H]2CC[C@@H](OC(=O)CCc3cnc(N4CCN(CCOCCOCCOCCOCCC(=O)N5CCc6cc(Cn7nc(-c8ccc9oc(N)nc9c8)c8c(N)ncnc87)ccc6C5)CC4)nc3)[C@H](OC)C2)C[C@@H](OC)[C@H](C)/C=C(\C)[C@@H](O)[C@@H](OC)C(=O)[C@H](C)C[C@H](C)/C=C/C=C/C=C/1C.